The van der Waals surface area contributed by atoms with E-state index in [2.05, 4.69) is 33.9 Å². The molecule has 1 atom stereocenters. The van der Waals surface area contributed by atoms with Crippen LogP contribution in [0.2, 0.25) is 0 Å². The molecule has 0 unspecified atom stereocenters. The fourth-order valence-electron chi connectivity index (χ4n) is 3.06. The minimum atomic E-state index is -3.13. The first-order valence-corrected chi connectivity index (χ1v) is 10.2. The lowest BCUT2D eigenvalue weighted by molar-refractivity contribution is 0.370. The zero-order chi connectivity index (χ0) is 17.3. The van der Waals surface area contributed by atoms with Crippen molar-refractivity contribution in [2.24, 2.45) is 0 Å². The molecule has 1 aromatic carbocycles. The zero-order valence-corrected chi connectivity index (χ0v) is 15.2. The number of rotatable bonds is 5. The van der Waals surface area contributed by atoms with Crippen LogP contribution in [0.1, 0.15) is 43.4 Å². The van der Waals surface area contributed by atoms with Gasteiger partial charge in [-0.3, -0.25) is 0 Å². The van der Waals surface area contributed by atoms with Crippen molar-refractivity contribution in [3.8, 4) is 0 Å². The Bertz CT molecular complexity index is 810. The SMILES string of the molecule is CC(C)c1nnc2n1C[C@@H](NCc1ccc(S(C)(=O)=O)cc1)CC2. The van der Waals surface area contributed by atoms with Crippen LogP contribution < -0.4 is 5.32 Å². The maximum absolute atomic E-state index is 11.5. The topological polar surface area (TPSA) is 76.9 Å². The molecule has 1 aromatic heterocycles. The van der Waals surface area contributed by atoms with E-state index < -0.39 is 9.84 Å². The standard InChI is InChI=1S/C17H24N4O2S/c1-12(2)17-20-19-16-9-6-14(11-21(16)17)18-10-13-4-7-15(8-5-13)24(3,22)23/h4-5,7-8,12,14,18H,6,9-11H2,1-3H3/t14-/m0/s1. The molecule has 1 aliphatic rings. The minimum absolute atomic E-state index is 0.361. The summed E-state index contributed by atoms with van der Waals surface area (Å²) in [6.07, 6.45) is 3.20. The average molecular weight is 348 g/mol. The van der Waals surface area contributed by atoms with Gasteiger partial charge in [-0.2, -0.15) is 0 Å². The van der Waals surface area contributed by atoms with Gasteiger partial charge >= 0.3 is 0 Å². The largest absolute Gasteiger partial charge is 0.313 e. The van der Waals surface area contributed by atoms with Gasteiger partial charge in [0.15, 0.2) is 9.84 Å². The molecule has 0 saturated carbocycles. The van der Waals surface area contributed by atoms with Gasteiger partial charge in [0.25, 0.3) is 0 Å². The molecule has 24 heavy (non-hydrogen) atoms. The number of hydrogen-bond donors (Lipinski definition) is 1. The second-order valence-corrected chi connectivity index (χ2v) is 8.79. The van der Waals surface area contributed by atoms with Gasteiger partial charge in [0.05, 0.1) is 4.90 Å². The second-order valence-electron chi connectivity index (χ2n) is 6.77. The molecular formula is C17H24N4O2S. The van der Waals surface area contributed by atoms with Crippen LogP contribution in [0.4, 0.5) is 0 Å². The van der Waals surface area contributed by atoms with Crippen LogP contribution in [-0.4, -0.2) is 35.5 Å². The molecule has 0 saturated heterocycles. The number of nitrogens with one attached hydrogen (secondary N) is 1. The number of aromatic nitrogens is 3. The molecule has 1 N–H and O–H groups in total. The molecule has 6 nitrogen and oxygen atoms in total. The van der Waals surface area contributed by atoms with Crippen molar-refractivity contribution in [1.29, 1.82) is 0 Å². The van der Waals surface area contributed by atoms with Crippen LogP contribution in [0.5, 0.6) is 0 Å². The summed E-state index contributed by atoms with van der Waals surface area (Å²) in [6.45, 7) is 5.88. The highest BCUT2D eigenvalue weighted by Crippen LogP contribution is 2.20. The Hall–Kier alpha value is -1.73. The Kier molecular flexibility index (Phi) is 4.73. The van der Waals surface area contributed by atoms with Crippen molar-refractivity contribution in [3.05, 3.63) is 41.5 Å². The van der Waals surface area contributed by atoms with E-state index in [1.165, 1.54) is 6.26 Å². The number of aryl methyl sites for hydroxylation is 1. The summed E-state index contributed by atoms with van der Waals surface area (Å²) in [5.41, 5.74) is 1.08. The fraction of sp³-hybridized carbons (Fsp3) is 0.529. The van der Waals surface area contributed by atoms with E-state index in [1.54, 1.807) is 12.1 Å². The van der Waals surface area contributed by atoms with Crippen LogP contribution in [0, 0.1) is 0 Å². The molecule has 0 fully saturated rings. The van der Waals surface area contributed by atoms with Gasteiger partial charge in [-0.1, -0.05) is 26.0 Å². The monoisotopic (exact) mass is 348 g/mol. The van der Waals surface area contributed by atoms with Gasteiger partial charge in [-0.05, 0) is 24.1 Å². The van der Waals surface area contributed by atoms with E-state index in [1.807, 2.05) is 12.1 Å². The molecule has 130 valence electrons. The van der Waals surface area contributed by atoms with E-state index in [4.69, 9.17) is 0 Å². The fourth-order valence-corrected chi connectivity index (χ4v) is 3.69. The van der Waals surface area contributed by atoms with Gasteiger partial charge in [0.2, 0.25) is 0 Å². The van der Waals surface area contributed by atoms with Crippen molar-refractivity contribution in [1.82, 2.24) is 20.1 Å². The predicted octanol–water partition coefficient (Wildman–Crippen LogP) is 1.91. The van der Waals surface area contributed by atoms with E-state index in [-0.39, 0.29) is 0 Å². The summed E-state index contributed by atoms with van der Waals surface area (Å²) in [5, 5.41) is 12.2. The Morgan fingerprint density at radius 2 is 1.96 bits per heavy atom. The van der Waals surface area contributed by atoms with Crippen molar-refractivity contribution < 1.29 is 8.42 Å². The highest BCUT2D eigenvalue weighted by Gasteiger charge is 2.23. The molecule has 2 aromatic rings. The lowest BCUT2D eigenvalue weighted by Crippen LogP contribution is -2.37. The summed E-state index contributed by atoms with van der Waals surface area (Å²) in [5.74, 6) is 2.50. The first-order valence-electron chi connectivity index (χ1n) is 8.29. The van der Waals surface area contributed by atoms with Gasteiger partial charge in [-0.15, -0.1) is 10.2 Å². The van der Waals surface area contributed by atoms with Crippen LogP contribution in [0.3, 0.4) is 0 Å². The van der Waals surface area contributed by atoms with Gasteiger partial charge in [0, 0.05) is 37.7 Å². The van der Waals surface area contributed by atoms with Crippen LogP contribution in [0.15, 0.2) is 29.2 Å². The molecular weight excluding hydrogens is 324 g/mol. The normalized spacial score (nSPS) is 17.9. The lowest BCUT2D eigenvalue weighted by Gasteiger charge is -2.26. The maximum Gasteiger partial charge on any atom is 0.175 e. The Morgan fingerprint density at radius 3 is 2.58 bits per heavy atom. The third-order valence-corrected chi connectivity index (χ3v) is 5.57. The van der Waals surface area contributed by atoms with E-state index in [9.17, 15) is 8.42 Å². The molecule has 0 spiro atoms. The van der Waals surface area contributed by atoms with Crippen LogP contribution in [0.25, 0.3) is 0 Å². The Balaban J connectivity index is 1.62. The van der Waals surface area contributed by atoms with E-state index >= 15 is 0 Å². The second kappa shape index (κ2) is 6.64. The predicted molar refractivity (Wildman–Crippen MR) is 92.6 cm³/mol. The number of fused-ring (bicyclic) bond motifs is 1. The molecule has 2 heterocycles. The molecule has 7 heteroatoms. The molecule has 0 amide bonds. The van der Waals surface area contributed by atoms with Crippen LogP contribution >= 0.6 is 0 Å². The molecule has 0 bridgehead atoms. The van der Waals surface area contributed by atoms with Gasteiger partial charge < -0.3 is 9.88 Å². The quantitative estimate of drug-likeness (QED) is 0.893. The Labute approximate surface area is 143 Å². The molecule has 3 rings (SSSR count). The Morgan fingerprint density at radius 1 is 1.25 bits per heavy atom. The average Bonchev–Trinajstić information content (AvgIpc) is 2.96. The first kappa shape index (κ1) is 17.1. The van der Waals surface area contributed by atoms with Gasteiger partial charge in [-0.25, -0.2) is 8.42 Å². The summed E-state index contributed by atoms with van der Waals surface area (Å²) in [7, 11) is -3.13. The molecule has 1 aliphatic heterocycles. The number of nitrogens with zero attached hydrogens (tertiary/aromatic N) is 3. The third kappa shape index (κ3) is 3.67. The van der Waals surface area contributed by atoms with E-state index in [0.29, 0.717) is 16.9 Å². The first-order chi connectivity index (χ1) is 11.3. The van der Waals surface area contributed by atoms with Crippen molar-refractivity contribution in [3.63, 3.8) is 0 Å². The molecule has 0 aliphatic carbocycles. The number of benzene rings is 1. The summed E-state index contributed by atoms with van der Waals surface area (Å²) in [4.78, 5) is 0.361. The zero-order valence-electron chi connectivity index (χ0n) is 14.4. The van der Waals surface area contributed by atoms with Gasteiger partial charge in [0.1, 0.15) is 11.6 Å². The smallest absolute Gasteiger partial charge is 0.175 e. The molecule has 0 radical (unpaired) electrons. The summed E-state index contributed by atoms with van der Waals surface area (Å²) >= 11 is 0. The minimum Gasteiger partial charge on any atom is -0.313 e. The van der Waals surface area contributed by atoms with Crippen LogP contribution in [-0.2, 0) is 29.3 Å². The summed E-state index contributed by atoms with van der Waals surface area (Å²) in [6, 6.07) is 7.45. The summed E-state index contributed by atoms with van der Waals surface area (Å²) < 4.78 is 25.2. The maximum atomic E-state index is 11.5. The van der Waals surface area contributed by atoms with Crippen molar-refractivity contribution in [2.45, 2.75) is 56.6 Å². The highest BCUT2D eigenvalue weighted by molar-refractivity contribution is 7.90. The number of hydrogen-bond acceptors (Lipinski definition) is 5. The highest BCUT2D eigenvalue weighted by atomic mass is 32.2. The third-order valence-electron chi connectivity index (χ3n) is 4.44. The lowest BCUT2D eigenvalue weighted by atomic mass is 10.1. The van der Waals surface area contributed by atoms with Crippen molar-refractivity contribution >= 4 is 9.84 Å². The number of sulfone groups is 1. The van der Waals surface area contributed by atoms with Crippen molar-refractivity contribution in [2.75, 3.05) is 6.26 Å². The van der Waals surface area contributed by atoms with E-state index in [0.717, 1.165) is 43.1 Å².